The third-order valence-electron chi connectivity index (χ3n) is 3.82. The molecule has 4 nitrogen and oxygen atoms in total. The van der Waals surface area contributed by atoms with Crippen LogP contribution in [0.5, 0.6) is 0 Å². The standard InChI is InChI=1S/C14H29N3O.ClH/c1-10(2)17-8-6-11(7-9-17)16-13(18)12(15)14(3,4)5;/h10-12H,6-9,15H2,1-5H3,(H,16,18);1H/t12-;/m1./s1. The number of nitrogens with two attached hydrogens (primary N) is 1. The van der Waals surface area contributed by atoms with Gasteiger partial charge in [0.1, 0.15) is 0 Å². The maximum atomic E-state index is 12.0. The number of amides is 1. The van der Waals surface area contributed by atoms with E-state index in [-0.39, 0.29) is 23.7 Å². The van der Waals surface area contributed by atoms with E-state index in [2.05, 4.69) is 24.1 Å². The Kier molecular flexibility index (Phi) is 7.33. The van der Waals surface area contributed by atoms with Crippen LogP contribution in [0.3, 0.4) is 0 Å². The van der Waals surface area contributed by atoms with Crippen molar-refractivity contribution >= 4 is 18.3 Å². The van der Waals surface area contributed by atoms with Crippen LogP contribution in [-0.2, 0) is 4.79 Å². The molecule has 1 rings (SSSR count). The number of rotatable bonds is 3. The molecular formula is C14H30ClN3O. The Morgan fingerprint density at radius 2 is 1.74 bits per heavy atom. The average Bonchev–Trinajstić information content (AvgIpc) is 2.27. The van der Waals surface area contributed by atoms with Crippen molar-refractivity contribution in [1.82, 2.24) is 10.2 Å². The van der Waals surface area contributed by atoms with Crippen molar-refractivity contribution in [1.29, 1.82) is 0 Å². The first-order valence-electron chi connectivity index (χ1n) is 7.02. The third-order valence-corrected chi connectivity index (χ3v) is 3.82. The van der Waals surface area contributed by atoms with E-state index >= 15 is 0 Å². The first-order valence-corrected chi connectivity index (χ1v) is 7.02. The summed E-state index contributed by atoms with van der Waals surface area (Å²) in [4.78, 5) is 14.5. The molecule has 0 aromatic rings. The van der Waals surface area contributed by atoms with Gasteiger partial charge >= 0.3 is 0 Å². The SMILES string of the molecule is CC(C)N1CCC(NC(=O)[C@@H](N)C(C)(C)C)CC1.Cl. The fourth-order valence-electron chi connectivity index (χ4n) is 2.24. The number of carbonyl (C=O) groups excluding carboxylic acids is 1. The van der Waals surface area contributed by atoms with Crippen molar-refractivity contribution in [3.63, 3.8) is 0 Å². The lowest BCUT2D eigenvalue weighted by atomic mass is 9.86. The molecule has 5 heteroatoms. The number of hydrogen-bond donors (Lipinski definition) is 2. The molecule has 0 bridgehead atoms. The van der Waals surface area contributed by atoms with Crippen molar-refractivity contribution in [3.8, 4) is 0 Å². The molecule has 0 unspecified atom stereocenters. The minimum atomic E-state index is -0.430. The average molecular weight is 292 g/mol. The summed E-state index contributed by atoms with van der Waals surface area (Å²) in [6.07, 6.45) is 2.06. The zero-order chi connectivity index (χ0) is 13.9. The minimum absolute atomic E-state index is 0. The molecule has 114 valence electrons. The van der Waals surface area contributed by atoms with Crippen molar-refractivity contribution in [2.75, 3.05) is 13.1 Å². The van der Waals surface area contributed by atoms with Crippen molar-refractivity contribution in [2.45, 2.75) is 65.6 Å². The lowest BCUT2D eigenvalue weighted by Gasteiger charge is -2.36. The monoisotopic (exact) mass is 291 g/mol. The van der Waals surface area contributed by atoms with Gasteiger partial charge in [0.2, 0.25) is 5.91 Å². The Hall–Kier alpha value is -0.320. The molecule has 3 N–H and O–H groups in total. The Morgan fingerprint density at radius 1 is 1.26 bits per heavy atom. The molecular weight excluding hydrogens is 262 g/mol. The van der Waals surface area contributed by atoms with Crippen LogP contribution in [0.2, 0.25) is 0 Å². The second kappa shape index (κ2) is 7.46. The lowest BCUT2D eigenvalue weighted by Crippen LogP contribution is -2.54. The van der Waals surface area contributed by atoms with Crippen LogP contribution < -0.4 is 11.1 Å². The van der Waals surface area contributed by atoms with Crippen molar-refractivity contribution in [2.24, 2.45) is 11.1 Å². The maximum absolute atomic E-state index is 12.0. The van der Waals surface area contributed by atoms with Gasteiger partial charge in [-0.25, -0.2) is 0 Å². The molecule has 0 aliphatic carbocycles. The van der Waals surface area contributed by atoms with E-state index in [4.69, 9.17) is 5.73 Å². The van der Waals surface area contributed by atoms with Gasteiger partial charge in [0, 0.05) is 25.2 Å². The zero-order valence-electron chi connectivity index (χ0n) is 12.9. The Morgan fingerprint density at radius 3 is 2.11 bits per heavy atom. The van der Waals surface area contributed by atoms with Gasteiger partial charge in [-0.05, 0) is 32.1 Å². The second-order valence-corrected chi connectivity index (χ2v) is 6.76. The predicted molar refractivity (Wildman–Crippen MR) is 82.6 cm³/mol. The van der Waals surface area contributed by atoms with Crippen LogP contribution in [0, 0.1) is 5.41 Å². The van der Waals surface area contributed by atoms with Gasteiger partial charge < -0.3 is 16.0 Å². The van der Waals surface area contributed by atoms with Gasteiger partial charge in [0.05, 0.1) is 6.04 Å². The molecule has 0 saturated carbocycles. The molecule has 1 saturated heterocycles. The number of nitrogens with zero attached hydrogens (tertiary/aromatic N) is 1. The largest absolute Gasteiger partial charge is 0.352 e. The van der Waals surface area contributed by atoms with E-state index in [9.17, 15) is 4.79 Å². The number of carbonyl (C=O) groups is 1. The number of piperidine rings is 1. The van der Waals surface area contributed by atoms with Crippen molar-refractivity contribution in [3.05, 3.63) is 0 Å². The molecule has 0 spiro atoms. The van der Waals surface area contributed by atoms with Crippen molar-refractivity contribution < 1.29 is 4.79 Å². The summed E-state index contributed by atoms with van der Waals surface area (Å²) in [5, 5.41) is 3.09. The highest BCUT2D eigenvalue weighted by Gasteiger charge is 2.30. The van der Waals surface area contributed by atoms with Gasteiger partial charge in [-0.1, -0.05) is 20.8 Å². The fourth-order valence-corrected chi connectivity index (χ4v) is 2.24. The highest BCUT2D eigenvalue weighted by Crippen LogP contribution is 2.18. The van der Waals surface area contributed by atoms with Gasteiger partial charge in [0.25, 0.3) is 0 Å². The topological polar surface area (TPSA) is 58.4 Å². The fraction of sp³-hybridized carbons (Fsp3) is 0.929. The maximum Gasteiger partial charge on any atom is 0.237 e. The smallest absolute Gasteiger partial charge is 0.237 e. The zero-order valence-corrected chi connectivity index (χ0v) is 13.7. The third kappa shape index (κ3) is 5.67. The summed E-state index contributed by atoms with van der Waals surface area (Å²) >= 11 is 0. The molecule has 1 heterocycles. The molecule has 1 amide bonds. The van der Waals surface area contributed by atoms with E-state index in [0.29, 0.717) is 12.1 Å². The number of hydrogen-bond acceptors (Lipinski definition) is 3. The summed E-state index contributed by atoms with van der Waals surface area (Å²) in [6, 6.07) is 0.458. The van der Waals surface area contributed by atoms with Gasteiger partial charge in [-0.15, -0.1) is 12.4 Å². The molecule has 0 radical (unpaired) electrons. The Bertz CT molecular complexity index is 281. The first kappa shape index (κ1) is 18.7. The van der Waals surface area contributed by atoms with Crippen LogP contribution in [-0.4, -0.2) is 42.0 Å². The van der Waals surface area contributed by atoms with Gasteiger partial charge in [-0.3, -0.25) is 4.79 Å². The molecule has 1 aliphatic rings. The summed E-state index contributed by atoms with van der Waals surface area (Å²) in [5.74, 6) is -0.00880. The number of nitrogens with one attached hydrogen (secondary N) is 1. The lowest BCUT2D eigenvalue weighted by molar-refractivity contribution is -0.125. The van der Waals surface area contributed by atoms with Crippen LogP contribution in [0.15, 0.2) is 0 Å². The molecule has 1 aliphatic heterocycles. The quantitative estimate of drug-likeness (QED) is 0.833. The molecule has 19 heavy (non-hydrogen) atoms. The van der Waals surface area contributed by atoms with Gasteiger partial charge in [0.15, 0.2) is 0 Å². The van der Waals surface area contributed by atoms with Crippen LogP contribution in [0.25, 0.3) is 0 Å². The summed E-state index contributed by atoms with van der Waals surface area (Å²) in [6.45, 7) is 12.6. The van der Waals surface area contributed by atoms with E-state index in [1.54, 1.807) is 0 Å². The highest BCUT2D eigenvalue weighted by atomic mass is 35.5. The highest BCUT2D eigenvalue weighted by molar-refractivity contribution is 5.85. The molecule has 1 fully saturated rings. The first-order chi connectivity index (χ1) is 8.21. The van der Waals surface area contributed by atoms with E-state index < -0.39 is 6.04 Å². The summed E-state index contributed by atoms with van der Waals surface area (Å²) in [7, 11) is 0. The van der Waals surface area contributed by atoms with E-state index in [1.165, 1.54) is 0 Å². The minimum Gasteiger partial charge on any atom is -0.352 e. The van der Waals surface area contributed by atoms with Gasteiger partial charge in [-0.2, -0.15) is 0 Å². The predicted octanol–water partition coefficient (Wildman–Crippen LogP) is 1.77. The molecule has 0 aromatic carbocycles. The summed E-state index contributed by atoms with van der Waals surface area (Å²) < 4.78 is 0. The second-order valence-electron chi connectivity index (χ2n) is 6.76. The van der Waals surface area contributed by atoms with E-state index in [1.807, 2.05) is 20.8 Å². The number of likely N-dealkylation sites (tertiary alicyclic amines) is 1. The van der Waals surface area contributed by atoms with Crippen LogP contribution in [0.4, 0.5) is 0 Å². The number of halogens is 1. The Labute approximate surface area is 123 Å². The van der Waals surface area contributed by atoms with E-state index in [0.717, 1.165) is 25.9 Å². The molecule has 0 aromatic heterocycles. The normalized spacial score (nSPS) is 19.9. The molecule has 1 atom stereocenters. The van der Waals surface area contributed by atoms with Crippen LogP contribution in [0.1, 0.15) is 47.5 Å². The van der Waals surface area contributed by atoms with Crippen LogP contribution >= 0.6 is 12.4 Å². The summed E-state index contributed by atoms with van der Waals surface area (Å²) in [5.41, 5.74) is 5.79. The Balaban J connectivity index is 0.00000324.